The Morgan fingerprint density at radius 2 is 2.05 bits per heavy atom. The minimum Gasteiger partial charge on any atom is -0.481 e. The van der Waals surface area contributed by atoms with Crippen LogP contribution >= 0.6 is 11.3 Å². The Morgan fingerprint density at radius 3 is 2.58 bits per heavy atom. The predicted octanol–water partition coefficient (Wildman–Crippen LogP) is 3.18. The topological polar surface area (TPSA) is 53.4 Å². The summed E-state index contributed by atoms with van der Waals surface area (Å²) < 4.78 is 0. The third-order valence-corrected chi connectivity index (χ3v) is 5.42. The standard InChI is InChI=1S/C14H22N2O2S/c1-3-14(4-2)5-7-16(8-6-14)13-15-11(10-19-13)9-12(17)18/h10H,3-9H2,1-2H3,(H,17,18). The molecule has 1 aliphatic heterocycles. The lowest BCUT2D eigenvalue weighted by Gasteiger charge is -2.40. The fraction of sp³-hybridized carbons (Fsp3) is 0.714. The van der Waals surface area contributed by atoms with Crippen LogP contribution in [0.5, 0.6) is 0 Å². The number of hydrogen-bond acceptors (Lipinski definition) is 4. The van der Waals surface area contributed by atoms with Crippen molar-refractivity contribution in [1.29, 1.82) is 0 Å². The van der Waals surface area contributed by atoms with Crippen molar-refractivity contribution in [1.82, 2.24) is 4.98 Å². The molecule has 4 nitrogen and oxygen atoms in total. The van der Waals surface area contributed by atoms with E-state index in [2.05, 4.69) is 23.7 Å². The Hall–Kier alpha value is -1.10. The molecule has 0 atom stereocenters. The highest BCUT2D eigenvalue weighted by atomic mass is 32.1. The summed E-state index contributed by atoms with van der Waals surface area (Å²) in [6, 6.07) is 0. The van der Waals surface area contributed by atoms with Crippen LogP contribution in [0.15, 0.2) is 5.38 Å². The Labute approximate surface area is 118 Å². The molecule has 1 aromatic rings. The van der Waals surface area contributed by atoms with Crippen LogP contribution in [-0.2, 0) is 11.2 Å². The van der Waals surface area contributed by atoms with Crippen molar-refractivity contribution in [3.05, 3.63) is 11.1 Å². The third-order valence-electron chi connectivity index (χ3n) is 4.47. The molecule has 0 bridgehead atoms. The van der Waals surface area contributed by atoms with E-state index in [1.54, 1.807) is 11.3 Å². The number of nitrogens with zero attached hydrogens (tertiary/aromatic N) is 2. The van der Waals surface area contributed by atoms with E-state index in [1.165, 1.54) is 25.7 Å². The van der Waals surface area contributed by atoms with Crippen molar-refractivity contribution in [2.75, 3.05) is 18.0 Å². The first-order chi connectivity index (χ1) is 9.08. The number of anilines is 1. The molecule has 0 radical (unpaired) electrons. The molecule has 0 aromatic carbocycles. The minimum atomic E-state index is -0.813. The van der Waals surface area contributed by atoms with Crippen LogP contribution in [0.2, 0.25) is 0 Å². The maximum absolute atomic E-state index is 10.7. The van der Waals surface area contributed by atoms with Crippen LogP contribution in [0.1, 0.15) is 45.2 Å². The molecule has 0 saturated carbocycles. The molecule has 106 valence electrons. The van der Waals surface area contributed by atoms with E-state index < -0.39 is 5.97 Å². The number of thiazole rings is 1. The lowest BCUT2D eigenvalue weighted by atomic mass is 9.74. The first-order valence-corrected chi connectivity index (χ1v) is 7.87. The number of carboxylic acids is 1. The highest BCUT2D eigenvalue weighted by Gasteiger charge is 2.32. The van der Waals surface area contributed by atoms with Gasteiger partial charge in [-0.3, -0.25) is 4.79 Å². The van der Waals surface area contributed by atoms with Gasteiger partial charge < -0.3 is 10.0 Å². The van der Waals surface area contributed by atoms with Crippen LogP contribution < -0.4 is 4.90 Å². The van der Waals surface area contributed by atoms with Crippen LogP contribution in [0.4, 0.5) is 5.13 Å². The van der Waals surface area contributed by atoms with Crippen molar-refractivity contribution in [2.45, 2.75) is 46.0 Å². The number of carboxylic acid groups (broad SMARTS) is 1. The molecule has 1 aromatic heterocycles. The molecular weight excluding hydrogens is 260 g/mol. The average Bonchev–Trinajstić information content (AvgIpc) is 2.86. The van der Waals surface area contributed by atoms with Gasteiger partial charge in [0.15, 0.2) is 5.13 Å². The summed E-state index contributed by atoms with van der Waals surface area (Å²) in [5, 5.41) is 11.6. The van der Waals surface area contributed by atoms with Crippen LogP contribution in [-0.4, -0.2) is 29.1 Å². The van der Waals surface area contributed by atoms with Crippen LogP contribution in [0.25, 0.3) is 0 Å². The SMILES string of the molecule is CCC1(CC)CCN(c2nc(CC(=O)O)cs2)CC1. The van der Waals surface area contributed by atoms with Gasteiger partial charge in [0.25, 0.3) is 0 Å². The highest BCUT2D eigenvalue weighted by molar-refractivity contribution is 7.13. The van der Waals surface area contributed by atoms with Gasteiger partial charge in [-0.1, -0.05) is 26.7 Å². The second-order valence-corrected chi connectivity index (χ2v) is 6.22. The second kappa shape index (κ2) is 5.90. The van der Waals surface area contributed by atoms with Crippen molar-refractivity contribution < 1.29 is 9.90 Å². The van der Waals surface area contributed by atoms with Crippen LogP contribution in [0, 0.1) is 5.41 Å². The quantitative estimate of drug-likeness (QED) is 0.901. The van der Waals surface area contributed by atoms with Crippen molar-refractivity contribution >= 4 is 22.4 Å². The molecule has 0 aliphatic carbocycles. The van der Waals surface area contributed by atoms with Crippen LogP contribution in [0.3, 0.4) is 0 Å². The molecule has 2 rings (SSSR count). The zero-order chi connectivity index (χ0) is 13.9. The first kappa shape index (κ1) is 14.3. The smallest absolute Gasteiger partial charge is 0.309 e. The molecule has 19 heavy (non-hydrogen) atoms. The average molecular weight is 282 g/mol. The maximum Gasteiger partial charge on any atom is 0.309 e. The summed E-state index contributed by atoms with van der Waals surface area (Å²) in [7, 11) is 0. The fourth-order valence-corrected chi connectivity index (χ4v) is 3.69. The van der Waals surface area contributed by atoms with Crippen molar-refractivity contribution in [3.63, 3.8) is 0 Å². The van der Waals surface area contributed by atoms with E-state index in [0.29, 0.717) is 11.1 Å². The summed E-state index contributed by atoms with van der Waals surface area (Å²) in [6.45, 7) is 6.66. The number of carbonyl (C=O) groups is 1. The Bertz CT molecular complexity index is 430. The number of piperidine rings is 1. The van der Waals surface area contributed by atoms with E-state index in [9.17, 15) is 4.79 Å². The fourth-order valence-electron chi connectivity index (χ4n) is 2.81. The van der Waals surface area contributed by atoms with Gasteiger partial charge >= 0.3 is 5.97 Å². The summed E-state index contributed by atoms with van der Waals surface area (Å²) in [5.41, 5.74) is 1.19. The highest BCUT2D eigenvalue weighted by Crippen LogP contribution is 2.39. The van der Waals surface area contributed by atoms with Crippen molar-refractivity contribution in [2.24, 2.45) is 5.41 Å². The maximum atomic E-state index is 10.7. The molecule has 2 heterocycles. The number of hydrogen-bond donors (Lipinski definition) is 1. The Morgan fingerprint density at radius 1 is 1.42 bits per heavy atom. The monoisotopic (exact) mass is 282 g/mol. The van der Waals surface area contributed by atoms with E-state index >= 15 is 0 Å². The summed E-state index contributed by atoms with van der Waals surface area (Å²) in [5.74, 6) is -0.813. The zero-order valence-electron chi connectivity index (χ0n) is 11.7. The molecule has 1 aliphatic rings. The summed E-state index contributed by atoms with van der Waals surface area (Å²) >= 11 is 1.56. The summed E-state index contributed by atoms with van der Waals surface area (Å²) in [6.07, 6.45) is 4.96. The molecule has 1 N–H and O–H groups in total. The van der Waals surface area contributed by atoms with Gasteiger partial charge in [-0.15, -0.1) is 11.3 Å². The number of rotatable bonds is 5. The largest absolute Gasteiger partial charge is 0.481 e. The van der Waals surface area contributed by atoms with Gasteiger partial charge in [0.2, 0.25) is 0 Å². The Kier molecular flexibility index (Phi) is 4.45. The molecule has 1 saturated heterocycles. The summed E-state index contributed by atoms with van der Waals surface area (Å²) in [4.78, 5) is 17.4. The van der Waals surface area contributed by atoms with Gasteiger partial charge in [-0.2, -0.15) is 0 Å². The molecule has 0 amide bonds. The van der Waals surface area contributed by atoms with Gasteiger partial charge in [0.05, 0.1) is 12.1 Å². The van der Waals surface area contributed by atoms with E-state index in [-0.39, 0.29) is 6.42 Å². The normalized spacial score (nSPS) is 18.5. The molecule has 1 fully saturated rings. The van der Waals surface area contributed by atoms with E-state index in [4.69, 9.17) is 5.11 Å². The predicted molar refractivity (Wildman–Crippen MR) is 77.9 cm³/mol. The van der Waals surface area contributed by atoms with Gasteiger partial charge in [-0.25, -0.2) is 4.98 Å². The number of aliphatic carboxylic acids is 1. The zero-order valence-corrected chi connectivity index (χ0v) is 12.5. The van der Waals surface area contributed by atoms with Crippen molar-refractivity contribution in [3.8, 4) is 0 Å². The second-order valence-electron chi connectivity index (χ2n) is 5.39. The molecule has 0 spiro atoms. The first-order valence-electron chi connectivity index (χ1n) is 7.00. The molecule has 0 unspecified atom stereocenters. The van der Waals surface area contributed by atoms with E-state index in [0.717, 1.165) is 18.2 Å². The van der Waals surface area contributed by atoms with Gasteiger partial charge in [0.1, 0.15) is 0 Å². The minimum absolute atomic E-state index is 0.0260. The lowest BCUT2D eigenvalue weighted by molar-refractivity contribution is -0.136. The van der Waals surface area contributed by atoms with E-state index in [1.807, 2.05) is 5.38 Å². The van der Waals surface area contributed by atoms with Gasteiger partial charge in [0, 0.05) is 18.5 Å². The van der Waals surface area contributed by atoms with Gasteiger partial charge in [-0.05, 0) is 18.3 Å². The number of aromatic nitrogens is 1. The molecular formula is C14H22N2O2S. The Balaban J connectivity index is 1.97. The molecule has 5 heteroatoms. The third kappa shape index (κ3) is 3.26. The lowest BCUT2D eigenvalue weighted by Crippen LogP contribution is -2.39.